The van der Waals surface area contributed by atoms with Crippen molar-refractivity contribution in [1.29, 1.82) is 0 Å². The Kier molecular flexibility index (Phi) is 3.43. The number of hydrogen-bond acceptors (Lipinski definition) is 2. The van der Waals surface area contributed by atoms with E-state index in [-0.39, 0.29) is 5.41 Å². The first-order valence-electron chi connectivity index (χ1n) is 6.61. The smallest absolute Gasteiger partial charge is 0.124 e. The molecule has 3 rings (SSSR count). The van der Waals surface area contributed by atoms with Gasteiger partial charge >= 0.3 is 0 Å². The van der Waals surface area contributed by atoms with Gasteiger partial charge in [-0.1, -0.05) is 51.1 Å². The molecule has 0 saturated carbocycles. The second kappa shape index (κ2) is 4.97. The maximum Gasteiger partial charge on any atom is 0.124 e. The van der Waals surface area contributed by atoms with Gasteiger partial charge in [0.15, 0.2) is 0 Å². The Hall–Kier alpha value is -1.19. The van der Waals surface area contributed by atoms with Crippen molar-refractivity contribution in [2.75, 3.05) is 0 Å². The molecule has 1 nitrogen and oxygen atoms in total. The number of rotatable bonds is 1. The fourth-order valence-electron chi connectivity index (χ4n) is 2.15. The van der Waals surface area contributed by atoms with E-state index in [2.05, 4.69) is 73.1 Å². The molecule has 1 aromatic heterocycles. The molecular formula is C17H16BrNS. The summed E-state index contributed by atoms with van der Waals surface area (Å²) in [7, 11) is 0. The van der Waals surface area contributed by atoms with Crippen LogP contribution in [0.2, 0.25) is 0 Å². The molecule has 2 aromatic carbocycles. The van der Waals surface area contributed by atoms with Crippen molar-refractivity contribution in [2.45, 2.75) is 26.2 Å². The van der Waals surface area contributed by atoms with Crippen LogP contribution in [0, 0.1) is 0 Å². The zero-order valence-electron chi connectivity index (χ0n) is 11.8. The van der Waals surface area contributed by atoms with Crippen LogP contribution in [-0.2, 0) is 5.41 Å². The summed E-state index contributed by atoms with van der Waals surface area (Å²) in [6, 6.07) is 14.9. The lowest BCUT2D eigenvalue weighted by molar-refractivity contribution is 0.590. The van der Waals surface area contributed by atoms with Crippen LogP contribution in [-0.4, -0.2) is 4.98 Å². The Bertz CT molecular complexity index is 751. The van der Waals surface area contributed by atoms with Gasteiger partial charge in [-0.15, -0.1) is 11.3 Å². The number of aromatic nitrogens is 1. The van der Waals surface area contributed by atoms with Gasteiger partial charge in [-0.25, -0.2) is 4.98 Å². The summed E-state index contributed by atoms with van der Waals surface area (Å²) in [5.74, 6) is 0. The molecule has 0 spiro atoms. The van der Waals surface area contributed by atoms with E-state index in [0.717, 1.165) is 15.0 Å². The molecule has 0 aliphatic carbocycles. The molecule has 20 heavy (non-hydrogen) atoms. The third-order valence-electron chi connectivity index (χ3n) is 3.36. The second-order valence-electron chi connectivity index (χ2n) is 5.93. The first-order chi connectivity index (χ1) is 9.45. The third kappa shape index (κ3) is 2.52. The monoisotopic (exact) mass is 345 g/mol. The van der Waals surface area contributed by atoms with E-state index < -0.39 is 0 Å². The van der Waals surface area contributed by atoms with E-state index in [1.165, 1.54) is 15.8 Å². The second-order valence-corrected chi connectivity index (χ2v) is 7.79. The van der Waals surface area contributed by atoms with Crippen LogP contribution >= 0.6 is 27.3 Å². The van der Waals surface area contributed by atoms with Crippen molar-refractivity contribution >= 4 is 37.5 Å². The number of fused-ring (bicyclic) bond motifs is 1. The van der Waals surface area contributed by atoms with Gasteiger partial charge in [0.05, 0.1) is 10.2 Å². The first kappa shape index (κ1) is 13.8. The predicted molar refractivity (Wildman–Crippen MR) is 91.5 cm³/mol. The minimum absolute atomic E-state index is 0.190. The van der Waals surface area contributed by atoms with Crippen LogP contribution in [0.3, 0.4) is 0 Å². The highest BCUT2D eigenvalue weighted by molar-refractivity contribution is 9.10. The summed E-state index contributed by atoms with van der Waals surface area (Å²) in [4.78, 5) is 4.72. The summed E-state index contributed by atoms with van der Waals surface area (Å²) in [5.41, 5.74) is 3.78. The normalized spacial score (nSPS) is 12.0. The molecule has 3 heteroatoms. The van der Waals surface area contributed by atoms with Crippen molar-refractivity contribution in [3.8, 4) is 10.6 Å². The molecular weight excluding hydrogens is 330 g/mol. The topological polar surface area (TPSA) is 12.9 Å². The first-order valence-corrected chi connectivity index (χ1v) is 8.22. The summed E-state index contributed by atoms with van der Waals surface area (Å²) in [6.45, 7) is 6.70. The van der Waals surface area contributed by atoms with Gasteiger partial charge in [-0.05, 0) is 39.0 Å². The molecule has 0 fully saturated rings. The fraction of sp³-hybridized carbons (Fsp3) is 0.235. The maximum atomic E-state index is 4.72. The SMILES string of the molecule is CC(C)(C)c1ccc(-c2nc3cccc(Br)c3s2)cc1. The molecule has 0 amide bonds. The quantitative estimate of drug-likeness (QED) is 0.525. The summed E-state index contributed by atoms with van der Waals surface area (Å²) >= 11 is 5.32. The average molecular weight is 346 g/mol. The van der Waals surface area contributed by atoms with E-state index in [9.17, 15) is 0 Å². The maximum absolute atomic E-state index is 4.72. The Labute approximate surface area is 131 Å². The molecule has 0 radical (unpaired) electrons. The van der Waals surface area contributed by atoms with Gasteiger partial charge < -0.3 is 0 Å². The average Bonchev–Trinajstić information content (AvgIpc) is 2.83. The zero-order valence-corrected chi connectivity index (χ0v) is 14.2. The van der Waals surface area contributed by atoms with Crippen LogP contribution in [0.1, 0.15) is 26.3 Å². The molecule has 0 bridgehead atoms. The van der Waals surface area contributed by atoms with Gasteiger partial charge in [0.2, 0.25) is 0 Å². The minimum Gasteiger partial charge on any atom is -0.236 e. The van der Waals surface area contributed by atoms with Gasteiger partial charge in [0.25, 0.3) is 0 Å². The van der Waals surface area contributed by atoms with Gasteiger partial charge in [-0.3, -0.25) is 0 Å². The molecule has 0 saturated heterocycles. The molecule has 3 aromatic rings. The van der Waals surface area contributed by atoms with Crippen molar-refractivity contribution in [2.24, 2.45) is 0 Å². The van der Waals surface area contributed by atoms with Crippen molar-refractivity contribution < 1.29 is 0 Å². The zero-order chi connectivity index (χ0) is 14.3. The highest BCUT2D eigenvalue weighted by atomic mass is 79.9. The lowest BCUT2D eigenvalue weighted by Gasteiger charge is -2.18. The number of halogens is 1. The van der Waals surface area contributed by atoms with Crippen LogP contribution in [0.4, 0.5) is 0 Å². The van der Waals surface area contributed by atoms with Crippen LogP contribution in [0.15, 0.2) is 46.9 Å². The Morgan fingerprint density at radius 2 is 1.70 bits per heavy atom. The molecule has 0 aliphatic rings. The Morgan fingerprint density at radius 3 is 2.30 bits per heavy atom. The number of benzene rings is 2. The van der Waals surface area contributed by atoms with E-state index >= 15 is 0 Å². The predicted octanol–water partition coefficient (Wildman–Crippen LogP) is 6.02. The molecule has 0 aliphatic heterocycles. The van der Waals surface area contributed by atoms with Crippen LogP contribution in [0.25, 0.3) is 20.8 Å². The molecule has 102 valence electrons. The van der Waals surface area contributed by atoms with Crippen LogP contribution < -0.4 is 0 Å². The lowest BCUT2D eigenvalue weighted by atomic mass is 9.87. The highest BCUT2D eigenvalue weighted by Gasteiger charge is 2.14. The van der Waals surface area contributed by atoms with Crippen LogP contribution in [0.5, 0.6) is 0 Å². The third-order valence-corrected chi connectivity index (χ3v) is 5.44. The standard InChI is InChI=1S/C17H16BrNS/c1-17(2,3)12-9-7-11(8-10-12)16-19-14-6-4-5-13(18)15(14)20-16/h4-10H,1-3H3. The van der Waals surface area contributed by atoms with Gasteiger partial charge in [-0.2, -0.15) is 0 Å². The van der Waals surface area contributed by atoms with Crippen molar-refractivity contribution in [3.05, 3.63) is 52.5 Å². The van der Waals surface area contributed by atoms with Gasteiger partial charge in [0, 0.05) is 10.0 Å². The number of thiazole rings is 1. The molecule has 1 heterocycles. The summed E-state index contributed by atoms with van der Waals surface area (Å²) in [5, 5.41) is 1.08. The van der Waals surface area contributed by atoms with Crippen molar-refractivity contribution in [1.82, 2.24) is 4.98 Å². The molecule has 0 atom stereocenters. The number of nitrogens with zero attached hydrogens (tertiary/aromatic N) is 1. The van der Waals surface area contributed by atoms with E-state index in [4.69, 9.17) is 4.98 Å². The lowest BCUT2D eigenvalue weighted by Crippen LogP contribution is -2.10. The van der Waals surface area contributed by atoms with Gasteiger partial charge in [0.1, 0.15) is 5.01 Å². The Morgan fingerprint density at radius 1 is 1.00 bits per heavy atom. The van der Waals surface area contributed by atoms with E-state index in [1.807, 2.05) is 6.07 Å². The summed E-state index contributed by atoms with van der Waals surface area (Å²) < 4.78 is 2.33. The van der Waals surface area contributed by atoms with Crippen molar-refractivity contribution in [3.63, 3.8) is 0 Å². The minimum atomic E-state index is 0.190. The van der Waals surface area contributed by atoms with E-state index in [0.29, 0.717) is 0 Å². The molecule has 0 unspecified atom stereocenters. The largest absolute Gasteiger partial charge is 0.236 e. The van der Waals surface area contributed by atoms with E-state index in [1.54, 1.807) is 11.3 Å². The Balaban J connectivity index is 2.05. The highest BCUT2D eigenvalue weighted by Crippen LogP contribution is 2.35. The number of hydrogen-bond donors (Lipinski definition) is 0. The summed E-state index contributed by atoms with van der Waals surface area (Å²) in [6.07, 6.45) is 0. The molecule has 0 N–H and O–H groups in total. The fourth-order valence-corrected chi connectivity index (χ4v) is 3.73.